The predicted molar refractivity (Wildman–Crippen MR) is 93.6 cm³/mol. The van der Waals surface area contributed by atoms with E-state index >= 15 is 0 Å². The fraction of sp³-hybridized carbons (Fsp3) is 0.538. The highest BCUT2D eigenvalue weighted by atomic mass is 32.2. The highest BCUT2D eigenvalue weighted by molar-refractivity contribution is 8.01. The van der Waals surface area contributed by atoms with Gasteiger partial charge in [0.1, 0.15) is 0 Å². The van der Waals surface area contributed by atoms with E-state index in [1.165, 1.54) is 34.4 Å². The van der Waals surface area contributed by atoms with Crippen molar-refractivity contribution >= 4 is 50.6 Å². The number of hydrogen-bond acceptors (Lipinski definition) is 9. The molecule has 0 unspecified atom stereocenters. The molecule has 2 aromatic heterocycles. The van der Waals surface area contributed by atoms with Gasteiger partial charge in [-0.2, -0.15) is 0 Å². The minimum Gasteiger partial charge on any atom is -0.376 e. The quantitative estimate of drug-likeness (QED) is 0.723. The molecule has 0 spiro atoms. The molecule has 3 heterocycles. The predicted octanol–water partition coefficient (Wildman–Crippen LogP) is 2.62. The molecule has 0 saturated carbocycles. The number of thioether (sulfide) groups is 1. The third-order valence-corrected chi connectivity index (χ3v) is 5.99. The van der Waals surface area contributed by atoms with Crippen LogP contribution in [0.15, 0.2) is 9.72 Å². The van der Waals surface area contributed by atoms with Crippen LogP contribution in [0, 0.1) is 6.92 Å². The molecule has 7 nitrogen and oxygen atoms in total. The second-order valence-electron chi connectivity index (χ2n) is 5.02. The highest BCUT2D eigenvalue weighted by Gasteiger charge is 2.16. The zero-order valence-electron chi connectivity index (χ0n) is 12.6. The van der Waals surface area contributed by atoms with Crippen LogP contribution in [0.2, 0.25) is 0 Å². The van der Waals surface area contributed by atoms with Gasteiger partial charge in [-0.1, -0.05) is 23.1 Å². The molecule has 23 heavy (non-hydrogen) atoms. The van der Waals surface area contributed by atoms with E-state index in [2.05, 4.69) is 25.8 Å². The number of rotatable bonds is 7. The summed E-state index contributed by atoms with van der Waals surface area (Å²) < 4.78 is 6.32. The molecule has 1 aliphatic rings. The van der Waals surface area contributed by atoms with Gasteiger partial charge in [-0.05, 0) is 19.8 Å². The summed E-state index contributed by atoms with van der Waals surface area (Å²) in [5, 5.41) is 17.5. The number of hydrogen-bond donors (Lipinski definition) is 2. The first kappa shape index (κ1) is 16.6. The van der Waals surface area contributed by atoms with Crippen molar-refractivity contribution in [1.82, 2.24) is 15.2 Å². The Morgan fingerprint density at radius 3 is 3.13 bits per heavy atom. The van der Waals surface area contributed by atoms with E-state index in [1.807, 2.05) is 12.3 Å². The number of thiazole rings is 1. The molecule has 0 aliphatic carbocycles. The third-order valence-electron chi connectivity index (χ3n) is 3.10. The molecule has 0 bridgehead atoms. The number of nitrogens with zero attached hydrogens (tertiary/aromatic N) is 3. The number of amides is 1. The van der Waals surface area contributed by atoms with Gasteiger partial charge in [0.15, 0.2) is 9.47 Å². The molecule has 3 rings (SSSR count). The number of anilines is 2. The average molecular weight is 372 g/mol. The van der Waals surface area contributed by atoms with E-state index in [9.17, 15) is 4.79 Å². The Labute approximate surface area is 146 Å². The number of aromatic nitrogens is 3. The molecular weight excluding hydrogens is 354 g/mol. The van der Waals surface area contributed by atoms with Crippen molar-refractivity contribution in [2.75, 3.05) is 29.5 Å². The molecular formula is C13H17N5O2S3. The van der Waals surface area contributed by atoms with Gasteiger partial charge in [-0.15, -0.1) is 21.5 Å². The number of aryl methyl sites for hydroxylation is 1. The maximum Gasteiger partial charge on any atom is 0.236 e. The van der Waals surface area contributed by atoms with Crippen LogP contribution in [0.25, 0.3) is 0 Å². The normalized spacial score (nSPS) is 17.3. The summed E-state index contributed by atoms with van der Waals surface area (Å²) >= 11 is 4.24. The molecule has 10 heteroatoms. The summed E-state index contributed by atoms with van der Waals surface area (Å²) in [4.78, 5) is 16.1. The van der Waals surface area contributed by atoms with Crippen molar-refractivity contribution in [3.05, 3.63) is 11.1 Å². The van der Waals surface area contributed by atoms with Crippen LogP contribution in [0.5, 0.6) is 0 Å². The van der Waals surface area contributed by atoms with E-state index in [-0.39, 0.29) is 12.0 Å². The molecule has 1 fully saturated rings. The van der Waals surface area contributed by atoms with E-state index in [4.69, 9.17) is 4.74 Å². The lowest BCUT2D eigenvalue weighted by Crippen LogP contribution is -2.18. The van der Waals surface area contributed by atoms with E-state index in [0.717, 1.165) is 41.2 Å². The fourth-order valence-corrected chi connectivity index (χ4v) is 4.30. The molecule has 124 valence electrons. The largest absolute Gasteiger partial charge is 0.376 e. The Hall–Kier alpha value is -1.23. The number of carbonyl (C=O) groups is 1. The number of nitrogens with one attached hydrogen (secondary N) is 2. The second-order valence-corrected chi connectivity index (χ2v) is 8.08. The Kier molecular flexibility index (Phi) is 5.81. The third kappa shape index (κ3) is 5.13. The summed E-state index contributed by atoms with van der Waals surface area (Å²) in [7, 11) is 0. The Morgan fingerprint density at radius 2 is 2.39 bits per heavy atom. The summed E-state index contributed by atoms with van der Waals surface area (Å²) in [5.41, 5.74) is 0.907. The van der Waals surface area contributed by atoms with Crippen LogP contribution in [-0.4, -0.2) is 46.1 Å². The molecule has 0 radical (unpaired) electrons. The maximum atomic E-state index is 11.9. The van der Waals surface area contributed by atoms with Crippen molar-refractivity contribution in [3.8, 4) is 0 Å². The Balaban J connectivity index is 1.40. The van der Waals surface area contributed by atoms with Gasteiger partial charge in [-0.3, -0.25) is 4.79 Å². The lowest BCUT2D eigenvalue weighted by Gasteiger charge is -2.08. The summed E-state index contributed by atoms with van der Waals surface area (Å²) in [6.45, 7) is 3.49. The Morgan fingerprint density at radius 1 is 1.48 bits per heavy atom. The minimum absolute atomic E-state index is 0.0894. The summed E-state index contributed by atoms with van der Waals surface area (Å²) in [5.74, 6) is 0.201. The van der Waals surface area contributed by atoms with Gasteiger partial charge >= 0.3 is 0 Å². The monoisotopic (exact) mass is 371 g/mol. The number of ether oxygens (including phenoxy) is 1. The van der Waals surface area contributed by atoms with Gasteiger partial charge in [0, 0.05) is 18.5 Å². The van der Waals surface area contributed by atoms with Crippen LogP contribution < -0.4 is 10.6 Å². The zero-order chi connectivity index (χ0) is 16.1. The smallest absolute Gasteiger partial charge is 0.236 e. The van der Waals surface area contributed by atoms with E-state index in [1.54, 1.807) is 0 Å². The Bertz CT molecular complexity index is 654. The highest BCUT2D eigenvalue weighted by Crippen LogP contribution is 2.26. The van der Waals surface area contributed by atoms with Gasteiger partial charge < -0.3 is 15.4 Å². The first-order chi connectivity index (χ1) is 11.2. The van der Waals surface area contributed by atoms with Crippen LogP contribution >= 0.6 is 34.4 Å². The van der Waals surface area contributed by atoms with Crippen molar-refractivity contribution < 1.29 is 9.53 Å². The molecule has 1 aliphatic heterocycles. The fourth-order valence-electron chi connectivity index (χ4n) is 2.04. The van der Waals surface area contributed by atoms with Gasteiger partial charge in [0.25, 0.3) is 0 Å². The van der Waals surface area contributed by atoms with Gasteiger partial charge in [0.2, 0.25) is 11.0 Å². The topological polar surface area (TPSA) is 89.0 Å². The number of carbonyl (C=O) groups excluding carboxylic acids is 1. The first-order valence-electron chi connectivity index (χ1n) is 7.23. The van der Waals surface area contributed by atoms with Crippen LogP contribution in [-0.2, 0) is 9.53 Å². The summed E-state index contributed by atoms with van der Waals surface area (Å²) in [6, 6.07) is 0. The van der Waals surface area contributed by atoms with Crippen molar-refractivity contribution in [3.63, 3.8) is 0 Å². The summed E-state index contributed by atoms with van der Waals surface area (Å²) in [6.07, 6.45) is 2.48. The second kappa shape index (κ2) is 8.04. The minimum atomic E-state index is -0.0894. The van der Waals surface area contributed by atoms with Crippen molar-refractivity contribution in [2.45, 2.75) is 30.2 Å². The maximum absolute atomic E-state index is 11.9. The van der Waals surface area contributed by atoms with E-state index in [0.29, 0.717) is 10.9 Å². The molecule has 2 aromatic rings. The lowest BCUT2D eigenvalue weighted by molar-refractivity contribution is -0.113. The van der Waals surface area contributed by atoms with E-state index < -0.39 is 0 Å². The molecule has 1 saturated heterocycles. The zero-order valence-corrected chi connectivity index (χ0v) is 15.0. The van der Waals surface area contributed by atoms with Gasteiger partial charge in [-0.25, -0.2) is 4.98 Å². The molecule has 2 N–H and O–H groups in total. The van der Waals surface area contributed by atoms with Crippen LogP contribution in [0.3, 0.4) is 0 Å². The van der Waals surface area contributed by atoms with Crippen molar-refractivity contribution in [2.24, 2.45) is 0 Å². The SMILES string of the molecule is Cc1csc(NC(=O)CSc2nnc(NC[C@H]3CCCO3)s2)n1. The van der Waals surface area contributed by atoms with Crippen molar-refractivity contribution in [1.29, 1.82) is 0 Å². The van der Waals surface area contributed by atoms with Crippen LogP contribution in [0.4, 0.5) is 10.3 Å². The molecule has 1 atom stereocenters. The molecule has 0 aromatic carbocycles. The first-order valence-corrected chi connectivity index (χ1v) is 9.91. The standard InChI is InChI=1S/C13H17N5O2S3/c1-8-6-21-12(15-8)16-10(19)7-22-13-18-17-11(23-13)14-5-9-3-2-4-20-9/h6,9H,2-5,7H2,1H3,(H,14,17)(H,15,16,19)/t9-/m1/s1. The van der Waals surface area contributed by atoms with Crippen LogP contribution in [0.1, 0.15) is 18.5 Å². The van der Waals surface area contributed by atoms with Gasteiger partial charge in [0.05, 0.1) is 17.6 Å². The molecule has 1 amide bonds. The lowest BCUT2D eigenvalue weighted by atomic mass is 10.2. The average Bonchev–Trinajstić information content (AvgIpc) is 3.25.